The van der Waals surface area contributed by atoms with Crippen molar-refractivity contribution in [3.63, 3.8) is 0 Å². The van der Waals surface area contributed by atoms with E-state index in [1.54, 1.807) is 0 Å². The molecule has 104 valence electrons. The minimum Gasteiger partial charge on any atom is -0.381 e. The number of rotatable bonds is 6. The second-order valence-corrected chi connectivity index (χ2v) is 6.04. The standard InChI is InChI=1S/C14H26N2O2/c1-3-14(2,10-15)13(17)16(12-4-5-12)8-11-6-7-18-9-11/h11-12H,3-10,15H2,1-2H3. The minimum absolute atomic E-state index is 0.252. The molecule has 2 fully saturated rings. The molecule has 2 aliphatic rings. The molecule has 2 unspecified atom stereocenters. The fourth-order valence-electron chi connectivity index (χ4n) is 2.52. The molecule has 0 aromatic carbocycles. The van der Waals surface area contributed by atoms with Crippen LogP contribution < -0.4 is 5.73 Å². The molecule has 1 saturated carbocycles. The Bertz CT molecular complexity index is 292. The Morgan fingerprint density at radius 2 is 2.17 bits per heavy atom. The molecule has 2 N–H and O–H groups in total. The number of nitrogens with zero attached hydrogens (tertiary/aromatic N) is 1. The molecule has 2 atom stereocenters. The third-order valence-corrected chi connectivity index (χ3v) is 4.47. The quantitative estimate of drug-likeness (QED) is 0.779. The van der Waals surface area contributed by atoms with Gasteiger partial charge in [0.2, 0.25) is 5.91 Å². The molecule has 1 heterocycles. The largest absolute Gasteiger partial charge is 0.381 e. The van der Waals surface area contributed by atoms with Gasteiger partial charge < -0.3 is 15.4 Å². The summed E-state index contributed by atoms with van der Waals surface area (Å²) in [4.78, 5) is 14.8. The average molecular weight is 254 g/mol. The molecule has 1 aliphatic heterocycles. The second-order valence-electron chi connectivity index (χ2n) is 6.04. The van der Waals surface area contributed by atoms with Gasteiger partial charge in [-0.25, -0.2) is 0 Å². The van der Waals surface area contributed by atoms with Gasteiger partial charge in [0.05, 0.1) is 12.0 Å². The van der Waals surface area contributed by atoms with Crippen LogP contribution in [-0.4, -0.2) is 43.2 Å². The zero-order chi connectivity index (χ0) is 13.2. The van der Waals surface area contributed by atoms with Crippen molar-refractivity contribution < 1.29 is 9.53 Å². The first-order valence-corrected chi connectivity index (χ1v) is 7.19. The van der Waals surface area contributed by atoms with Crippen molar-refractivity contribution in [3.05, 3.63) is 0 Å². The lowest BCUT2D eigenvalue weighted by Crippen LogP contribution is -2.48. The summed E-state index contributed by atoms with van der Waals surface area (Å²) >= 11 is 0. The van der Waals surface area contributed by atoms with E-state index in [9.17, 15) is 4.79 Å². The Balaban J connectivity index is 2.02. The second kappa shape index (κ2) is 5.57. The fourth-order valence-corrected chi connectivity index (χ4v) is 2.52. The molecule has 1 saturated heterocycles. The first kappa shape index (κ1) is 13.8. The first-order valence-electron chi connectivity index (χ1n) is 7.19. The number of hydrogen-bond donors (Lipinski definition) is 1. The summed E-state index contributed by atoms with van der Waals surface area (Å²) in [5.74, 6) is 0.773. The molecule has 1 amide bonds. The zero-order valence-corrected chi connectivity index (χ0v) is 11.7. The number of ether oxygens (including phenoxy) is 1. The SMILES string of the molecule is CCC(C)(CN)C(=O)N(CC1CCOC1)C1CC1. The highest BCUT2D eigenvalue weighted by atomic mass is 16.5. The molecule has 4 heteroatoms. The maximum Gasteiger partial charge on any atom is 0.230 e. The summed E-state index contributed by atoms with van der Waals surface area (Å²) in [5.41, 5.74) is 5.43. The van der Waals surface area contributed by atoms with Crippen molar-refractivity contribution >= 4 is 5.91 Å². The van der Waals surface area contributed by atoms with Crippen molar-refractivity contribution in [2.75, 3.05) is 26.3 Å². The lowest BCUT2D eigenvalue weighted by atomic mass is 9.85. The monoisotopic (exact) mass is 254 g/mol. The summed E-state index contributed by atoms with van der Waals surface area (Å²) in [6.07, 6.45) is 4.21. The van der Waals surface area contributed by atoms with Crippen LogP contribution in [0.15, 0.2) is 0 Å². The van der Waals surface area contributed by atoms with Gasteiger partial charge in [-0.15, -0.1) is 0 Å². The maximum atomic E-state index is 12.7. The minimum atomic E-state index is -0.387. The van der Waals surface area contributed by atoms with E-state index >= 15 is 0 Å². The van der Waals surface area contributed by atoms with Crippen LogP contribution in [0, 0.1) is 11.3 Å². The maximum absolute atomic E-state index is 12.7. The Morgan fingerprint density at radius 3 is 2.61 bits per heavy atom. The summed E-state index contributed by atoms with van der Waals surface area (Å²) < 4.78 is 5.41. The van der Waals surface area contributed by atoms with Crippen LogP contribution >= 0.6 is 0 Å². The highest BCUT2D eigenvalue weighted by molar-refractivity contribution is 5.83. The van der Waals surface area contributed by atoms with Gasteiger partial charge in [0.25, 0.3) is 0 Å². The van der Waals surface area contributed by atoms with Crippen LogP contribution in [0.25, 0.3) is 0 Å². The van der Waals surface area contributed by atoms with Crippen molar-refractivity contribution in [2.45, 2.75) is 45.6 Å². The smallest absolute Gasteiger partial charge is 0.230 e. The van der Waals surface area contributed by atoms with E-state index in [4.69, 9.17) is 10.5 Å². The normalized spacial score (nSPS) is 26.9. The molecule has 0 aromatic rings. The summed E-state index contributed by atoms with van der Waals surface area (Å²) in [6, 6.07) is 0.468. The van der Waals surface area contributed by atoms with E-state index in [1.165, 1.54) is 0 Å². The van der Waals surface area contributed by atoms with E-state index in [-0.39, 0.29) is 11.3 Å². The lowest BCUT2D eigenvalue weighted by Gasteiger charge is -2.34. The van der Waals surface area contributed by atoms with Crippen molar-refractivity contribution in [1.82, 2.24) is 4.90 Å². The molecule has 2 rings (SSSR count). The van der Waals surface area contributed by atoms with E-state index in [2.05, 4.69) is 11.8 Å². The number of carbonyl (C=O) groups is 1. The molecule has 0 aromatic heterocycles. The molecular weight excluding hydrogens is 228 g/mol. The Labute approximate surface area is 110 Å². The van der Waals surface area contributed by atoms with Gasteiger partial charge in [-0.3, -0.25) is 4.79 Å². The molecule has 0 radical (unpaired) electrons. The predicted molar refractivity (Wildman–Crippen MR) is 71.1 cm³/mol. The predicted octanol–water partition coefficient (Wildman–Crippen LogP) is 1.39. The number of hydrogen-bond acceptors (Lipinski definition) is 3. The zero-order valence-electron chi connectivity index (χ0n) is 11.7. The van der Waals surface area contributed by atoms with Crippen molar-refractivity contribution in [2.24, 2.45) is 17.1 Å². The summed E-state index contributed by atoms with van der Waals surface area (Å²) in [6.45, 7) is 7.00. The molecular formula is C14H26N2O2. The third kappa shape index (κ3) is 2.86. The van der Waals surface area contributed by atoms with Crippen LogP contribution in [0.2, 0.25) is 0 Å². The van der Waals surface area contributed by atoms with Crippen LogP contribution in [0.5, 0.6) is 0 Å². The van der Waals surface area contributed by atoms with Crippen LogP contribution in [0.1, 0.15) is 39.5 Å². The van der Waals surface area contributed by atoms with Gasteiger partial charge in [-0.1, -0.05) is 6.92 Å². The number of amides is 1. The van der Waals surface area contributed by atoms with E-state index in [0.29, 0.717) is 18.5 Å². The van der Waals surface area contributed by atoms with Gasteiger partial charge in [-0.2, -0.15) is 0 Å². The summed E-state index contributed by atoms with van der Waals surface area (Å²) in [7, 11) is 0. The van der Waals surface area contributed by atoms with Crippen molar-refractivity contribution in [1.29, 1.82) is 0 Å². The van der Waals surface area contributed by atoms with Crippen LogP contribution in [0.4, 0.5) is 0 Å². The third-order valence-electron chi connectivity index (χ3n) is 4.47. The van der Waals surface area contributed by atoms with Crippen molar-refractivity contribution in [3.8, 4) is 0 Å². The molecule has 1 aliphatic carbocycles. The Hall–Kier alpha value is -0.610. The number of carbonyl (C=O) groups excluding carboxylic acids is 1. The van der Waals surface area contributed by atoms with Crippen LogP contribution in [0.3, 0.4) is 0 Å². The summed E-state index contributed by atoms with van der Waals surface area (Å²) in [5, 5.41) is 0. The highest BCUT2D eigenvalue weighted by Crippen LogP contribution is 2.33. The van der Waals surface area contributed by atoms with Gasteiger partial charge in [0.15, 0.2) is 0 Å². The molecule has 18 heavy (non-hydrogen) atoms. The topological polar surface area (TPSA) is 55.6 Å². The highest BCUT2D eigenvalue weighted by Gasteiger charge is 2.41. The average Bonchev–Trinajstić information content (AvgIpc) is 3.11. The van der Waals surface area contributed by atoms with E-state index in [0.717, 1.165) is 45.4 Å². The molecule has 4 nitrogen and oxygen atoms in total. The number of nitrogens with two attached hydrogens (primary N) is 1. The van der Waals surface area contributed by atoms with Gasteiger partial charge >= 0.3 is 0 Å². The Kier molecular flexibility index (Phi) is 4.28. The molecule has 0 bridgehead atoms. The van der Waals surface area contributed by atoms with Gasteiger partial charge in [0, 0.05) is 31.7 Å². The van der Waals surface area contributed by atoms with Gasteiger partial charge in [0.1, 0.15) is 0 Å². The Morgan fingerprint density at radius 1 is 1.44 bits per heavy atom. The lowest BCUT2D eigenvalue weighted by molar-refractivity contribution is -0.142. The van der Waals surface area contributed by atoms with Gasteiger partial charge in [-0.05, 0) is 32.6 Å². The van der Waals surface area contributed by atoms with Crippen LogP contribution in [-0.2, 0) is 9.53 Å². The fraction of sp³-hybridized carbons (Fsp3) is 0.929. The first-order chi connectivity index (χ1) is 8.60. The molecule has 0 spiro atoms. The van der Waals surface area contributed by atoms with E-state index < -0.39 is 0 Å². The van der Waals surface area contributed by atoms with E-state index in [1.807, 2.05) is 6.92 Å².